The Balaban J connectivity index is 2.28. The quantitative estimate of drug-likeness (QED) is 0.436. The summed E-state index contributed by atoms with van der Waals surface area (Å²) < 4.78 is 0. The molecule has 1 aromatic rings. The minimum Gasteiger partial charge on any atom is -0.411 e. The summed E-state index contributed by atoms with van der Waals surface area (Å²) in [6.45, 7) is 1.92. The molecule has 0 spiro atoms. The first-order chi connectivity index (χ1) is 7.81. The molecule has 0 atom stereocenters. The number of oxime groups is 1. The normalized spacial score (nSPS) is 18.7. The van der Waals surface area contributed by atoms with Crippen molar-refractivity contribution >= 4 is 5.71 Å². The SMILES string of the molecule is C/C(=N\O)c1c2c(cc3c1CCC3)CCC2. The van der Waals surface area contributed by atoms with Crippen molar-refractivity contribution in [3.63, 3.8) is 0 Å². The average molecular weight is 215 g/mol. The van der Waals surface area contributed by atoms with E-state index in [1.54, 1.807) is 0 Å². The van der Waals surface area contributed by atoms with Gasteiger partial charge >= 0.3 is 0 Å². The van der Waals surface area contributed by atoms with Crippen LogP contribution in [0.25, 0.3) is 0 Å². The predicted octanol–water partition coefficient (Wildman–Crippen LogP) is 2.86. The largest absolute Gasteiger partial charge is 0.411 e. The van der Waals surface area contributed by atoms with Gasteiger partial charge in [-0.05, 0) is 67.7 Å². The summed E-state index contributed by atoms with van der Waals surface area (Å²) >= 11 is 0. The topological polar surface area (TPSA) is 32.6 Å². The Bertz CT molecular complexity index is 442. The zero-order valence-electron chi connectivity index (χ0n) is 9.71. The molecule has 2 aliphatic carbocycles. The number of benzene rings is 1. The smallest absolute Gasteiger partial charge is 0.0842 e. The average Bonchev–Trinajstić information content (AvgIpc) is 2.91. The lowest BCUT2D eigenvalue weighted by atomic mass is 9.92. The molecular formula is C14H17NO. The zero-order chi connectivity index (χ0) is 11.1. The maximum absolute atomic E-state index is 9.04. The molecule has 0 heterocycles. The molecule has 2 nitrogen and oxygen atoms in total. The molecule has 0 amide bonds. The van der Waals surface area contributed by atoms with Gasteiger partial charge in [0.15, 0.2) is 0 Å². The van der Waals surface area contributed by atoms with Crippen molar-refractivity contribution in [2.24, 2.45) is 5.16 Å². The molecule has 1 N–H and O–H groups in total. The number of nitrogens with zero attached hydrogens (tertiary/aromatic N) is 1. The Kier molecular flexibility index (Phi) is 2.23. The molecule has 1 aromatic carbocycles. The van der Waals surface area contributed by atoms with Crippen molar-refractivity contribution in [2.75, 3.05) is 0 Å². The van der Waals surface area contributed by atoms with Crippen LogP contribution in [-0.4, -0.2) is 10.9 Å². The summed E-state index contributed by atoms with van der Waals surface area (Å²) in [6, 6.07) is 2.40. The zero-order valence-corrected chi connectivity index (χ0v) is 9.71. The van der Waals surface area contributed by atoms with Crippen LogP contribution in [-0.2, 0) is 25.7 Å². The molecule has 0 aliphatic heterocycles. The Morgan fingerprint density at radius 2 is 1.62 bits per heavy atom. The highest BCUT2D eigenvalue weighted by molar-refractivity contribution is 6.02. The molecule has 0 fully saturated rings. The van der Waals surface area contributed by atoms with Gasteiger partial charge in [0.2, 0.25) is 0 Å². The second kappa shape index (κ2) is 3.62. The fourth-order valence-corrected chi connectivity index (χ4v) is 3.30. The Hall–Kier alpha value is -1.31. The third-order valence-corrected chi connectivity index (χ3v) is 3.98. The molecule has 0 saturated heterocycles. The summed E-state index contributed by atoms with van der Waals surface area (Å²) in [5.74, 6) is 0. The Morgan fingerprint density at radius 1 is 1.06 bits per heavy atom. The van der Waals surface area contributed by atoms with Crippen molar-refractivity contribution in [3.8, 4) is 0 Å². The maximum Gasteiger partial charge on any atom is 0.0842 e. The van der Waals surface area contributed by atoms with E-state index in [1.165, 1.54) is 53.5 Å². The van der Waals surface area contributed by atoms with E-state index in [0.29, 0.717) is 0 Å². The molecule has 0 aromatic heterocycles. The van der Waals surface area contributed by atoms with Crippen molar-refractivity contribution in [2.45, 2.75) is 45.4 Å². The lowest BCUT2D eigenvalue weighted by Gasteiger charge is -2.13. The fraction of sp³-hybridized carbons (Fsp3) is 0.500. The van der Waals surface area contributed by atoms with Crippen LogP contribution in [0.15, 0.2) is 11.2 Å². The van der Waals surface area contributed by atoms with Gasteiger partial charge in [0, 0.05) is 5.56 Å². The standard InChI is InChI=1S/C14H17NO/c1-9(15-16)14-12-6-2-4-10(12)8-11-5-3-7-13(11)14/h8,16H,2-7H2,1H3/b15-9+. The van der Waals surface area contributed by atoms with Gasteiger partial charge in [0.05, 0.1) is 5.71 Å². The third kappa shape index (κ3) is 1.29. The minimum absolute atomic E-state index is 0.803. The molecule has 0 radical (unpaired) electrons. The minimum atomic E-state index is 0.803. The molecule has 3 rings (SSSR count). The fourth-order valence-electron chi connectivity index (χ4n) is 3.30. The van der Waals surface area contributed by atoms with Gasteiger partial charge in [-0.25, -0.2) is 0 Å². The number of fused-ring (bicyclic) bond motifs is 2. The van der Waals surface area contributed by atoms with Crippen LogP contribution in [0.2, 0.25) is 0 Å². The van der Waals surface area contributed by atoms with Crippen LogP contribution >= 0.6 is 0 Å². The highest BCUT2D eigenvalue weighted by Crippen LogP contribution is 2.35. The van der Waals surface area contributed by atoms with Gasteiger partial charge in [0.1, 0.15) is 0 Å². The van der Waals surface area contributed by atoms with E-state index in [9.17, 15) is 0 Å². The molecular weight excluding hydrogens is 198 g/mol. The van der Waals surface area contributed by atoms with Crippen molar-refractivity contribution < 1.29 is 5.21 Å². The molecule has 0 saturated carbocycles. The van der Waals surface area contributed by atoms with Crippen LogP contribution in [0.5, 0.6) is 0 Å². The van der Waals surface area contributed by atoms with Gasteiger partial charge in [-0.2, -0.15) is 0 Å². The van der Waals surface area contributed by atoms with Crippen molar-refractivity contribution in [1.82, 2.24) is 0 Å². The van der Waals surface area contributed by atoms with Gasteiger partial charge < -0.3 is 5.21 Å². The molecule has 0 bridgehead atoms. The number of hydrogen-bond donors (Lipinski definition) is 1. The molecule has 2 heteroatoms. The van der Waals surface area contributed by atoms with E-state index in [4.69, 9.17) is 5.21 Å². The summed E-state index contributed by atoms with van der Waals surface area (Å²) in [6.07, 6.45) is 7.23. The van der Waals surface area contributed by atoms with Gasteiger partial charge in [0.25, 0.3) is 0 Å². The van der Waals surface area contributed by atoms with Gasteiger partial charge in [-0.15, -0.1) is 0 Å². The van der Waals surface area contributed by atoms with E-state index in [1.807, 2.05) is 6.92 Å². The maximum atomic E-state index is 9.04. The second-order valence-electron chi connectivity index (χ2n) is 4.92. The number of rotatable bonds is 1. The predicted molar refractivity (Wildman–Crippen MR) is 64.5 cm³/mol. The van der Waals surface area contributed by atoms with Crippen molar-refractivity contribution in [3.05, 3.63) is 33.9 Å². The van der Waals surface area contributed by atoms with E-state index in [-0.39, 0.29) is 0 Å². The highest BCUT2D eigenvalue weighted by atomic mass is 16.4. The van der Waals surface area contributed by atoms with E-state index in [2.05, 4.69) is 11.2 Å². The summed E-state index contributed by atoms with van der Waals surface area (Å²) in [5.41, 5.74) is 7.98. The summed E-state index contributed by atoms with van der Waals surface area (Å²) in [7, 11) is 0. The van der Waals surface area contributed by atoms with Crippen molar-refractivity contribution in [1.29, 1.82) is 0 Å². The van der Waals surface area contributed by atoms with Gasteiger partial charge in [-0.1, -0.05) is 11.2 Å². The third-order valence-electron chi connectivity index (χ3n) is 3.98. The van der Waals surface area contributed by atoms with Crippen LogP contribution in [0.1, 0.15) is 47.6 Å². The Morgan fingerprint density at radius 3 is 2.12 bits per heavy atom. The summed E-state index contributed by atoms with van der Waals surface area (Å²) in [4.78, 5) is 0. The number of aryl methyl sites for hydroxylation is 2. The lowest BCUT2D eigenvalue weighted by molar-refractivity contribution is 0.319. The van der Waals surface area contributed by atoms with Crippen LogP contribution in [0, 0.1) is 0 Å². The lowest BCUT2D eigenvalue weighted by Crippen LogP contribution is -2.06. The first-order valence-corrected chi connectivity index (χ1v) is 6.17. The monoisotopic (exact) mass is 215 g/mol. The molecule has 84 valence electrons. The van der Waals surface area contributed by atoms with E-state index >= 15 is 0 Å². The van der Waals surface area contributed by atoms with E-state index in [0.717, 1.165) is 18.6 Å². The number of hydrogen-bond acceptors (Lipinski definition) is 2. The molecule has 0 unspecified atom stereocenters. The second-order valence-corrected chi connectivity index (χ2v) is 4.92. The van der Waals surface area contributed by atoms with Crippen LogP contribution < -0.4 is 0 Å². The van der Waals surface area contributed by atoms with E-state index < -0.39 is 0 Å². The first-order valence-electron chi connectivity index (χ1n) is 6.17. The highest BCUT2D eigenvalue weighted by Gasteiger charge is 2.25. The first kappa shape index (κ1) is 9.88. The van der Waals surface area contributed by atoms with Gasteiger partial charge in [-0.3, -0.25) is 0 Å². The van der Waals surface area contributed by atoms with Crippen LogP contribution in [0.3, 0.4) is 0 Å². The molecule has 16 heavy (non-hydrogen) atoms. The Labute approximate surface area is 96.0 Å². The van der Waals surface area contributed by atoms with Crippen LogP contribution in [0.4, 0.5) is 0 Å². The summed E-state index contributed by atoms with van der Waals surface area (Å²) in [5, 5.41) is 12.5. The molecule has 2 aliphatic rings.